The monoisotopic (exact) mass is 423 g/mol. The van der Waals surface area contributed by atoms with E-state index in [1.165, 1.54) is 0 Å². The van der Waals surface area contributed by atoms with Gasteiger partial charge in [-0.3, -0.25) is 4.79 Å². The molecule has 1 N–H and O–H groups in total. The lowest BCUT2D eigenvalue weighted by molar-refractivity contribution is 0.0945. The van der Waals surface area contributed by atoms with Gasteiger partial charge in [-0.1, -0.05) is 17.3 Å². The number of halogens is 2. The third kappa shape index (κ3) is 4.61. The molecule has 0 atom stereocenters. The number of nitrogens with one attached hydrogen (secondary N) is 1. The highest BCUT2D eigenvalue weighted by Gasteiger charge is 2.21. The van der Waals surface area contributed by atoms with Crippen molar-refractivity contribution in [1.82, 2.24) is 24.9 Å². The second kappa shape index (κ2) is 8.78. The van der Waals surface area contributed by atoms with Crippen LogP contribution in [0.15, 0.2) is 67.0 Å². The molecule has 158 valence electrons. The predicted molar refractivity (Wildman–Crippen MR) is 109 cm³/mol. The van der Waals surface area contributed by atoms with E-state index in [2.05, 4.69) is 15.6 Å². The molecule has 0 spiro atoms. The lowest BCUT2D eigenvalue weighted by Gasteiger charge is -2.10. The van der Waals surface area contributed by atoms with Gasteiger partial charge in [0.2, 0.25) is 0 Å². The molecular formula is C22H19F2N5O2. The highest BCUT2D eigenvalue weighted by Crippen LogP contribution is 2.17. The molecule has 2 heterocycles. The Hall–Kier alpha value is -4.01. The summed E-state index contributed by atoms with van der Waals surface area (Å²) in [4.78, 5) is 12.8. The van der Waals surface area contributed by atoms with Crippen LogP contribution in [-0.2, 0) is 13.1 Å². The Kier molecular flexibility index (Phi) is 5.74. The average Bonchev–Trinajstić information content (AvgIpc) is 3.41. The second-order valence-electron chi connectivity index (χ2n) is 6.82. The minimum absolute atomic E-state index is 0.0516. The molecule has 4 rings (SSSR count). The lowest BCUT2D eigenvalue weighted by atomic mass is 10.2. The fourth-order valence-electron chi connectivity index (χ4n) is 3.18. The van der Waals surface area contributed by atoms with Gasteiger partial charge in [0, 0.05) is 25.0 Å². The Bertz CT molecular complexity index is 1170. The summed E-state index contributed by atoms with van der Waals surface area (Å²) >= 11 is 0. The molecular weight excluding hydrogens is 404 g/mol. The van der Waals surface area contributed by atoms with E-state index in [4.69, 9.17) is 4.74 Å². The molecule has 2 aromatic heterocycles. The van der Waals surface area contributed by atoms with Crippen LogP contribution in [0.5, 0.6) is 5.75 Å². The Labute approximate surface area is 176 Å². The first kappa shape index (κ1) is 20.3. The third-order valence-electron chi connectivity index (χ3n) is 4.64. The first-order chi connectivity index (χ1) is 15.0. The van der Waals surface area contributed by atoms with Gasteiger partial charge in [0.05, 0.1) is 13.7 Å². The Morgan fingerprint density at radius 3 is 2.35 bits per heavy atom. The van der Waals surface area contributed by atoms with E-state index in [1.54, 1.807) is 28.8 Å². The van der Waals surface area contributed by atoms with Crippen molar-refractivity contribution in [3.63, 3.8) is 0 Å². The van der Waals surface area contributed by atoms with Crippen molar-refractivity contribution < 1.29 is 18.3 Å². The zero-order valence-corrected chi connectivity index (χ0v) is 16.6. The Morgan fingerprint density at radius 1 is 1.03 bits per heavy atom. The van der Waals surface area contributed by atoms with E-state index in [0.717, 1.165) is 29.5 Å². The van der Waals surface area contributed by atoms with Crippen molar-refractivity contribution in [3.8, 4) is 11.6 Å². The van der Waals surface area contributed by atoms with Gasteiger partial charge in [-0.15, -0.1) is 5.10 Å². The van der Waals surface area contributed by atoms with Crippen LogP contribution in [0.3, 0.4) is 0 Å². The van der Waals surface area contributed by atoms with Crippen LogP contribution in [0.2, 0.25) is 0 Å². The molecule has 1 amide bonds. The fraction of sp³-hybridized carbons (Fsp3) is 0.136. The third-order valence-corrected chi connectivity index (χ3v) is 4.64. The van der Waals surface area contributed by atoms with Crippen LogP contribution in [-0.4, -0.2) is 32.6 Å². The number of amides is 1. The lowest BCUT2D eigenvalue weighted by Crippen LogP contribution is -2.25. The molecule has 0 bridgehead atoms. The zero-order chi connectivity index (χ0) is 21.8. The standard InChI is InChI=1S/C22H19F2N5O2/c1-31-19-6-4-15(5-7-19)14-29-22(28-8-2-3-9-28)20(26-27-29)21(30)25-13-16-10-17(23)12-18(24)11-16/h2-12H,13-14H2,1H3,(H,25,30). The van der Waals surface area contributed by atoms with Crippen molar-refractivity contribution in [1.29, 1.82) is 0 Å². The van der Waals surface area contributed by atoms with Gasteiger partial charge < -0.3 is 14.6 Å². The van der Waals surface area contributed by atoms with Crippen molar-refractivity contribution in [3.05, 3.63) is 95.4 Å². The number of rotatable bonds is 7. The summed E-state index contributed by atoms with van der Waals surface area (Å²) in [5.41, 5.74) is 1.35. The minimum Gasteiger partial charge on any atom is -0.497 e. The van der Waals surface area contributed by atoms with Gasteiger partial charge >= 0.3 is 0 Å². The molecule has 31 heavy (non-hydrogen) atoms. The normalized spacial score (nSPS) is 10.8. The summed E-state index contributed by atoms with van der Waals surface area (Å²) in [6.07, 6.45) is 3.56. The molecule has 0 aliphatic rings. The van der Waals surface area contributed by atoms with Crippen LogP contribution in [0.4, 0.5) is 8.78 Å². The summed E-state index contributed by atoms with van der Waals surface area (Å²) in [6.45, 7) is 0.330. The summed E-state index contributed by atoms with van der Waals surface area (Å²) in [5.74, 6) is -0.703. The fourth-order valence-corrected chi connectivity index (χ4v) is 3.18. The quantitative estimate of drug-likeness (QED) is 0.495. The Morgan fingerprint density at radius 2 is 1.71 bits per heavy atom. The number of carbonyl (C=O) groups excluding carboxylic acids is 1. The molecule has 0 aliphatic carbocycles. The van der Waals surface area contributed by atoms with E-state index in [0.29, 0.717) is 17.9 Å². The van der Waals surface area contributed by atoms with Gasteiger partial charge in [-0.2, -0.15) is 0 Å². The van der Waals surface area contributed by atoms with Gasteiger partial charge in [0.1, 0.15) is 17.4 Å². The average molecular weight is 423 g/mol. The maximum absolute atomic E-state index is 13.4. The molecule has 9 heteroatoms. The van der Waals surface area contributed by atoms with Crippen LogP contribution < -0.4 is 10.1 Å². The van der Waals surface area contributed by atoms with Crippen LogP contribution in [0.25, 0.3) is 5.82 Å². The maximum atomic E-state index is 13.4. The minimum atomic E-state index is -0.706. The number of ether oxygens (including phenoxy) is 1. The molecule has 0 saturated carbocycles. The molecule has 4 aromatic rings. The SMILES string of the molecule is COc1ccc(Cn2nnc(C(=O)NCc3cc(F)cc(F)c3)c2-n2cccc2)cc1. The van der Waals surface area contributed by atoms with Gasteiger partial charge in [-0.25, -0.2) is 13.5 Å². The molecule has 0 unspecified atom stereocenters. The summed E-state index contributed by atoms with van der Waals surface area (Å²) < 4.78 is 35.3. The highest BCUT2D eigenvalue weighted by molar-refractivity contribution is 5.95. The molecule has 7 nitrogen and oxygen atoms in total. The Balaban J connectivity index is 1.59. The second-order valence-corrected chi connectivity index (χ2v) is 6.82. The summed E-state index contributed by atoms with van der Waals surface area (Å²) in [5, 5.41) is 10.9. The van der Waals surface area contributed by atoms with Crippen molar-refractivity contribution in [2.24, 2.45) is 0 Å². The van der Waals surface area contributed by atoms with Gasteiger partial charge in [0.15, 0.2) is 11.5 Å². The number of carbonyl (C=O) groups is 1. The predicted octanol–water partition coefficient (Wildman–Crippen LogP) is 3.33. The number of benzene rings is 2. The largest absolute Gasteiger partial charge is 0.497 e. The van der Waals surface area contributed by atoms with Crippen LogP contribution in [0.1, 0.15) is 21.6 Å². The summed E-state index contributed by atoms with van der Waals surface area (Å²) in [6, 6.07) is 14.2. The van der Waals surface area contributed by atoms with E-state index in [9.17, 15) is 13.6 Å². The maximum Gasteiger partial charge on any atom is 0.276 e. The van der Waals surface area contributed by atoms with Crippen molar-refractivity contribution >= 4 is 5.91 Å². The first-order valence-electron chi connectivity index (χ1n) is 9.46. The van der Waals surface area contributed by atoms with Gasteiger partial charge in [0.25, 0.3) is 5.91 Å². The zero-order valence-electron chi connectivity index (χ0n) is 16.6. The smallest absolute Gasteiger partial charge is 0.276 e. The molecule has 0 aliphatic heterocycles. The molecule has 0 fully saturated rings. The summed E-state index contributed by atoms with van der Waals surface area (Å²) in [7, 11) is 1.60. The number of aromatic nitrogens is 4. The van der Waals surface area contributed by atoms with Crippen molar-refractivity contribution in [2.45, 2.75) is 13.1 Å². The molecule has 0 saturated heterocycles. The topological polar surface area (TPSA) is 74.0 Å². The number of methoxy groups -OCH3 is 1. The number of hydrogen-bond donors (Lipinski definition) is 1. The molecule has 2 aromatic carbocycles. The molecule has 0 radical (unpaired) electrons. The first-order valence-corrected chi connectivity index (χ1v) is 9.46. The van der Waals surface area contributed by atoms with Crippen LogP contribution in [0, 0.1) is 11.6 Å². The van der Waals surface area contributed by atoms with E-state index >= 15 is 0 Å². The van der Waals surface area contributed by atoms with E-state index in [1.807, 2.05) is 36.4 Å². The number of hydrogen-bond acceptors (Lipinski definition) is 4. The van der Waals surface area contributed by atoms with Crippen molar-refractivity contribution in [2.75, 3.05) is 7.11 Å². The highest BCUT2D eigenvalue weighted by atomic mass is 19.1. The van der Waals surface area contributed by atoms with Gasteiger partial charge in [-0.05, 0) is 47.5 Å². The number of nitrogens with zero attached hydrogens (tertiary/aromatic N) is 4. The van der Waals surface area contributed by atoms with Crippen LogP contribution >= 0.6 is 0 Å². The van der Waals surface area contributed by atoms with E-state index in [-0.39, 0.29) is 12.2 Å². The van der Waals surface area contributed by atoms with E-state index < -0.39 is 17.5 Å².